The zero-order valence-corrected chi connectivity index (χ0v) is 21.5. The number of hydrogen-bond acceptors (Lipinski definition) is 6. The molecule has 0 saturated heterocycles. The minimum atomic E-state index is -0.358. The molecule has 0 aliphatic rings. The molecule has 4 aromatic carbocycles. The smallest absolute Gasteiger partial charge is 0.257 e. The first-order valence-corrected chi connectivity index (χ1v) is 12.5. The minimum absolute atomic E-state index is 0.147. The molecule has 0 fully saturated rings. The van der Waals surface area contributed by atoms with Gasteiger partial charge >= 0.3 is 0 Å². The summed E-state index contributed by atoms with van der Waals surface area (Å²) < 4.78 is 22.9. The van der Waals surface area contributed by atoms with Gasteiger partial charge in [-0.2, -0.15) is 0 Å². The van der Waals surface area contributed by atoms with Crippen molar-refractivity contribution in [3.63, 3.8) is 0 Å². The number of hydrogen-bond donors (Lipinski definition) is 2. The van der Waals surface area contributed by atoms with Crippen LogP contribution in [0.25, 0.3) is 0 Å². The van der Waals surface area contributed by atoms with Crippen molar-refractivity contribution < 1.29 is 23.7 Å². The Bertz CT molecular complexity index is 1320. The first-order chi connectivity index (χ1) is 18.7. The third kappa shape index (κ3) is 8.53. The quantitative estimate of drug-likeness (QED) is 0.180. The first kappa shape index (κ1) is 26.5. The summed E-state index contributed by atoms with van der Waals surface area (Å²) in [6.07, 6.45) is 0. The summed E-state index contributed by atoms with van der Waals surface area (Å²) in [7, 11) is 0. The second kappa shape index (κ2) is 14.2. The summed E-state index contributed by atoms with van der Waals surface area (Å²) in [6.45, 7) is 1.45. The molecule has 0 radical (unpaired) electrons. The summed E-state index contributed by atoms with van der Waals surface area (Å²) >= 11 is 5.37. The van der Waals surface area contributed by atoms with E-state index >= 15 is 0 Å². The van der Waals surface area contributed by atoms with Crippen LogP contribution in [0.3, 0.4) is 0 Å². The number of anilines is 1. The molecule has 38 heavy (non-hydrogen) atoms. The van der Waals surface area contributed by atoms with Gasteiger partial charge in [0, 0.05) is 5.56 Å². The lowest BCUT2D eigenvalue weighted by Gasteiger charge is -2.15. The lowest BCUT2D eigenvalue weighted by molar-refractivity contribution is 0.0977. The van der Waals surface area contributed by atoms with E-state index in [1.165, 1.54) is 0 Å². The highest BCUT2D eigenvalue weighted by molar-refractivity contribution is 7.80. The lowest BCUT2D eigenvalue weighted by atomic mass is 10.2. The van der Waals surface area contributed by atoms with Crippen LogP contribution in [0.4, 0.5) is 5.69 Å². The molecule has 4 rings (SSSR count). The Labute approximate surface area is 227 Å². The van der Waals surface area contributed by atoms with Gasteiger partial charge in [0.05, 0.1) is 5.69 Å². The van der Waals surface area contributed by atoms with Gasteiger partial charge in [-0.1, -0.05) is 54.6 Å². The average molecular weight is 529 g/mol. The maximum Gasteiger partial charge on any atom is 0.257 e. The fourth-order valence-corrected chi connectivity index (χ4v) is 3.62. The summed E-state index contributed by atoms with van der Waals surface area (Å²) in [4.78, 5) is 12.8. The number of rotatable bonds is 12. The molecule has 2 N–H and O–H groups in total. The average Bonchev–Trinajstić information content (AvgIpc) is 2.95. The Hall–Kier alpha value is -4.56. The Kier molecular flexibility index (Phi) is 9.94. The standard InChI is InChI=1S/C30H28N2O5S/c33-29(23-10-9-15-26(22-23)36-19-18-34-24-11-3-1-4-12-24)32-30(38)31-27-16-7-8-17-28(27)37-21-20-35-25-13-5-2-6-14-25/h1-17,22H,18-21H2,(H2,31,32,33,38). The highest BCUT2D eigenvalue weighted by atomic mass is 32.1. The molecule has 8 heteroatoms. The normalized spacial score (nSPS) is 10.2. The molecule has 0 bridgehead atoms. The van der Waals surface area contributed by atoms with Crippen LogP contribution in [0.2, 0.25) is 0 Å². The van der Waals surface area contributed by atoms with Gasteiger partial charge < -0.3 is 24.3 Å². The summed E-state index contributed by atoms with van der Waals surface area (Å²) in [5.41, 5.74) is 1.05. The Morgan fingerprint density at radius 1 is 0.605 bits per heavy atom. The molecule has 7 nitrogen and oxygen atoms in total. The fraction of sp³-hybridized carbons (Fsp3) is 0.133. The Morgan fingerprint density at radius 3 is 1.79 bits per heavy atom. The fourth-order valence-electron chi connectivity index (χ4n) is 3.42. The number of benzene rings is 4. The maximum absolute atomic E-state index is 12.8. The van der Waals surface area contributed by atoms with Crippen molar-refractivity contribution in [2.75, 3.05) is 31.7 Å². The second-order valence-electron chi connectivity index (χ2n) is 7.95. The van der Waals surface area contributed by atoms with Crippen LogP contribution in [-0.2, 0) is 0 Å². The predicted molar refractivity (Wildman–Crippen MR) is 151 cm³/mol. The molecule has 0 heterocycles. The SMILES string of the molecule is O=C(NC(=S)Nc1ccccc1OCCOc1ccccc1)c1cccc(OCCOc2ccccc2)c1. The van der Waals surface area contributed by atoms with Gasteiger partial charge in [0.25, 0.3) is 5.91 Å². The van der Waals surface area contributed by atoms with E-state index in [1.54, 1.807) is 24.3 Å². The van der Waals surface area contributed by atoms with Gasteiger partial charge in [-0.3, -0.25) is 10.1 Å². The molecule has 0 saturated carbocycles. The van der Waals surface area contributed by atoms with Gasteiger partial charge in [-0.15, -0.1) is 0 Å². The van der Waals surface area contributed by atoms with E-state index in [0.29, 0.717) is 49.2 Å². The number of amides is 1. The minimum Gasteiger partial charge on any atom is -0.490 e. The van der Waals surface area contributed by atoms with Crippen LogP contribution in [0.5, 0.6) is 23.0 Å². The number of ether oxygens (including phenoxy) is 4. The van der Waals surface area contributed by atoms with E-state index < -0.39 is 0 Å². The van der Waals surface area contributed by atoms with Crippen LogP contribution < -0.4 is 29.6 Å². The summed E-state index contributed by atoms with van der Waals surface area (Å²) in [6, 6.07) is 33.3. The van der Waals surface area contributed by atoms with Gasteiger partial charge in [-0.05, 0) is 66.8 Å². The maximum atomic E-state index is 12.8. The predicted octanol–water partition coefficient (Wildman–Crippen LogP) is 5.73. The molecule has 1 amide bonds. The third-order valence-corrected chi connectivity index (χ3v) is 5.38. The van der Waals surface area contributed by atoms with Crippen LogP contribution in [0, 0.1) is 0 Å². The topological polar surface area (TPSA) is 78.1 Å². The van der Waals surface area contributed by atoms with Crippen LogP contribution in [0.15, 0.2) is 109 Å². The van der Waals surface area contributed by atoms with Crippen molar-refractivity contribution in [1.82, 2.24) is 5.32 Å². The van der Waals surface area contributed by atoms with Gasteiger partial charge in [0.15, 0.2) is 5.11 Å². The highest BCUT2D eigenvalue weighted by Gasteiger charge is 2.11. The molecule has 4 aromatic rings. The molecular formula is C30H28N2O5S. The van der Waals surface area contributed by atoms with Gasteiger partial charge in [-0.25, -0.2) is 0 Å². The summed E-state index contributed by atoms with van der Waals surface area (Å²) in [5, 5.41) is 5.87. The van der Waals surface area contributed by atoms with Crippen molar-refractivity contribution in [2.45, 2.75) is 0 Å². The van der Waals surface area contributed by atoms with Crippen molar-refractivity contribution in [2.24, 2.45) is 0 Å². The molecule has 0 aromatic heterocycles. The Balaban J connectivity index is 1.23. The third-order valence-electron chi connectivity index (χ3n) is 5.18. The first-order valence-electron chi connectivity index (χ1n) is 12.1. The molecule has 0 atom stereocenters. The van der Waals surface area contributed by atoms with E-state index in [4.69, 9.17) is 31.2 Å². The van der Waals surface area contributed by atoms with Crippen molar-refractivity contribution >= 4 is 28.9 Å². The van der Waals surface area contributed by atoms with Crippen molar-refractivity contribution in [1.29, 1.82) is 0 Å². The molecule has 194 valence electrons. The van der Waals surface area contributed by atoms with Gasteiger partial charge in [0.1, 0.15) is 49.4 Å². The molecule has 0 aliphatic heterocycles. The second-order valence-corrected chi connectivity index (χ2v) is 8.36. The Morgan fingerprint density at radius 2 is 1.13 bits per heavy atom. The number of thiocarbonyl (C=S) groups is 1. The zero-order chi connectivity index (χ0) is 26.4. The van der Waals surface area contributed by atoms with Crippen molar-refractivity contribution in [3.8, 4) is 23.0 Å². The largest absolute Gasteiger partial charge is 0.490 e. The number of carbonyl (C=O) groups is 1. The van der Waals surface area contributed by atoms with E-state index in [9.17, 15) is 4.79 Å². The van der Waals surface area contributed by atoms with E-state index in [-0.39, 0.29) is 11.0 Å². The van der Waals surface area contributed by atoms with E-state index in [0.717, 1.165) is 11.5 Å². The van der Waals surface area contributed by atoms with Crippen LogP contribution in [0.1, 0.15) is 10.4 Å². The summed E-state index contributed by atoms with van der Waals surface area (Å²) in [5.74, 6) is 2.35. The molecule has 0 spiro atoms. The highest BCUT2D eigenvalue weighted by Crippen LogP contribution is 2.24. The van der Waals surface area contributed by atoms with Crippen LogP contribution in [-0.4, -0.2) is 37.4 Å². The monoisotopic (exact) mass is 528 g/mol. The molecule has 0 unspecified atom stereocenters. The van der Waals surface area contributed by atoms with Crippen LogP contribution >= 0.6 is 12.2 Å². The van der Waals surface area contributed by atoms with E-state index in [2.05, 4.69) is 10.6 Å². The zero-order valence-electron chi connectivity index (χ0n) is 20.7. The molecular weight excluding hydrogens is 500 g/mol. The van der Waals surface area contributed by atoms with E-state index in [1.807, 2.05) is 84.9 Å². The number of para-hydroxylation sites is 4. The van der Waals surface area contributed by atoms with Crippen molar-refractivity contribution in [3.05, 3.63) is 115 Å². The van der Waals surface area contributed by atoms with Gasteiger partial charge in [0.2, 0.25) is 0 Å². The lowest BCUT2D eigenvalue weighted by Crippen LogP contribution is -2.34. The molecule has 0 aliphatic carbocycles. The number of nitrogens with one attached hydrogen (secondary N) is 2. The number of carbonyl (C=O) groups excluding carboxylic acids is 1.